The van der Waals surface area contributed by atoms with Crippen LogP contribution >= 0.6 is 0 Å². The van der Waals surface area contributed by atoms with Gasteiger partial charge in [0, 0.05) is 12.1 Å². The van der Waals surface area contributed by atoms with Crippen LogP contribution in [0.15, 0.2) is 24.3 Å². The zero-order valence-electron chi connectivity index (χ0n) is 11.8. The molecule has 6 nitrogen and oxygen atoms in total. The topological polar surface area (TPSA) is 87.7 Å². The van der Waals surface area contributed by atoms with E-state index in [2.05, 4.69) is 10.6 Å². The van der Waals surface area contributed by atoms with E-state index in [4.69, 9.17) is 9.84 Å². The van der Waals surface area contributed by atoms with E-state index in [9.17, 15) is 9.59 Å². The van der Waals surface area contributed by atoms with Gasteiger partial charge in [0.05, 0.1) is 12.8 Å². The van der Waals surface area contributed by atoms with Crippen molar-refractivity contribution in [3.63, 3.8) is 0 Å². The number of urea groups is 1. The number of ether oxygens (including phenoxy) is 1. The second-order valence-electron chi connectivity index (χ2n) is 4.86. The lowest BCUT2D eigenvalue weighted by molar-refractivity contribution is -0.131. The number of methoxy groups -OCH3 is 1. The molecule has 0 bridgehead atoms. The molecule has 21 heavy (non-hydrogen) atoms. The maximum absolute atomic E-state index is 11.9. The van der Waals surface area contributed by atoms with Gasteiger partial charge in [-0.1, -0.05) is 6.07 Å². The van der Waals surface area contributed by atoms with Gasteiger partial charge in [0.25, 0.3) is 0 Å². The minimum Gasteiger partial charge on any atom is -0.495 e. The maximum atomic E-state index is 11.9. The normalized spacial score (nSPS) is 14.5. The molecule has 0 atom stereocenters. The molecule has 2 rings (SSSR count). The molecule has 1 aromatic carbocycles. The summed E-state index contributed by atoms with van der Waals surface area (Å²) >= 11 is 0. The Kier molecular flexibility index (Phi) is 4.81. The highest BCUT2D eigenvalue weighted by atomic mass is 16.5. The summed E-state index contributed by atoms with van der Waals surface area (Å²) in [7, 11) is 1.51. The number of carbonyl (C=O) groups excluding carboxylic acids is 1. The molecule has 0 heterocycles. The van der Waals surface area contributed by atoms with Crippen LogP contribution in [0.25, 0.3) is 6.08 Å². The van der Waals surface area contributed by atoms with Crippen LogP contribution in [0, 0.1) is 0 Å². The number of nitrogens with one attached hydrogen (secondary N) is 2. The molecule has 0 spiro atoms. The molecule has 0 unspecified atom stereocenters. The van der Waals surface area contributed by atoms with E-state index in [1.165, 1.54) is 13.2 Å². The van der Waals surface area contributed by atoms with Crippen LogP contribution in [-0.4, -0.2) is 30.3 Å². The van der Waals surface area contributed by atoms with Gasteiger partial charge in [-0.25, -0.2) is 9.59 Å². The predicted molar refractivity (Wildman–Crippen MR) is 79.5 cm³/mol. The van der Waals surface area contributed by atoms with Crippen molar-refractivity contribution in [3.8, 4) is 5.75 Å². The number of aliphatic carboxylic acids is 1. The Morgan fingerprint density at radius 1 is 1.38 bits per heavy atom. The smallest absolute Gasteiger partial charge is 0.328 e. The quantitative estimate of drug-likeness (QED) is 0.727. The molecule has 1 fully saturated rings. The van der Waals surface area contributed by atoms with Crippen LogP contribution in [0.2, 0.25) is 0 Å². The highest BCUT2D eigenvalue weighted by Crippen LogP contribution is 2.26. The van der Waals surface area contributed by atoms with E-state index in [0.29, 0.717) is 17.0 Å². The summed E-state index contributed by atoms with van der Waals surface area (Å²) in [4.78, 5) is 22.4. The maximum Gasteiger partial charge on any atom is 0.328 e. The lowest BCUT2D eigenvalue weighted by Gasteiger charge is -2.26. The molecule has 6 heteroatoms. The summed E-state index contributed by atoms with van der Waals surface area (Å²) in [5.74, 6) is -0.505. The van der Waals surface area contributed by atoms with Crippen LogP contribution in [0.5, 0.6) is 5.75 Å². The van der Waals surface area contributed by atoms with Crippen LogP contribution in [0.1, 0.15) is 24.8 Å². The fourth-order valence-electron chi connectivity index (χ4n) is 1.99. The number of carbonyl (C=O) groups is 2. The number of anilines is 1. The largest absolute Gasteiger partial charge is 0.495 e. The zero-order chi connectivity index (χ0) is 15.2. The van der Waals surface area contributed by atoms with E-state index in [0.717, 1.165) is 25.3 Å². The third-order valence-electron chi connectivity index (χ3n) is 3.33. The van der Waals surface area contributed by atoms with Crippen molar-refractivity contribution in [2.75, 3.05) is 12.4 Å². The van der Waals surface area contributed by atoms with Crippen LogP contribution in [0.4, 0.5) is 10.5 Å². The molecule has 0 saturated heterocycles. The number of hydrogen-bond acceptors (Lipinski definition) is 3. The minimum absolute atomic E-state index is 0.242. The van der Waals surface area contributed by atoms with Crippen molar-refractivity contribution in [1.82, 2.24) is 5.32 Å². The Morgan fingerprint density at radius 2 is 2.14 bits per heavy atom. The van der Waals surface area contributed by atoms with Crippen LogP contribution in [-0.2, 0) is 4.79 Å². The first-order chi connectivity index (χ1) is 10.1. The first-order valence-corrected chi connectivity index (χ1v) is 6.75. The molecule has 112 valence electrons. The monoisotopic (exact) mass is 290 g/mol. The average Bonchev–Trinajstić information content (AvgIpc) is 2.41. The summed E-state index contributed by atoms with van der Waals surface area (Å²) < 4.78 is 5.19. The lowest BCUT2D eigenvalue weighted by Crippen LogP contribution is -2.41. The number of rotatable bonds is 5. The molecule has 0 radical (unpaired) electrons. The summed E-state index contributed by atoms with van der Waals surface area (Å²) in [6, 6.07) is 5.02. The van der Waals surface area contributed by atoms with Crippen molar-refractivity contribution in [3.05, 3.63) is 29.8 Å². The molecule has 1 saturated carbocycles. The van der Waals surface area contributed by atoms with E-state index in [1.54, 1.807) is 18.2 Å². The number of carboxylic acid groups (broad SMARTS) is 1. The van der Waals surface area contributed by atoms with Gasteiger partial charge >= 0.3 is 12.0 Å². The lowest BCUT2D eigenvalue weighted by atomic mass is 9.93. The molecule has 0 aromatic heterocycles. The van der Waals surface area contributed by atoms with Gasteiger partial charge in [-0.15, -0.1) is 0 Å². The van der Waals surface area contributed by atoms with E-state index in [1.807, 2.05) is 0 Å². The average molecular weight is 290 g/mol. The molecule has 1 aliphatic carbocycles. The number of hydrogen-bond donors (Lipinski definition) is 3. The molecule has 1 aromatic rings. The van der Waals surface area contributed by atoms with Crippen molar-refractivity contribution in [1.29, 1.82) is 0 Å². The number of benzene rings is 1. The molecule has 1 aliphatic rings. The summed E-state index contributed by atoms with van der Waals surface area (Å²) in [5.41, 5.74) is 1.17. The molecular weight excluding hydrogens is 272 g/mol. The summed E-state index contributed by atoms with van der Waals surface area (Å²) in [6.07, 6.45) is 5.65. The van der Waals surface area contributed by atoms with Crippen LogP contribution < -0.4 is 15.4 Å². The van der Waals surface area contributed by atoms with Crippen molar-refractivity contribution < 1.29 is 19.4 Å². The van der Waals surface area contributed by atoms with Crippen molar-refractivity contribution in [2.24, 2.45) is 0 Å². The Balaban J connectivity index is 2.09. The fourth-order valence-corrected chi connectivity index (χ4v) is 1.99. The zero-order valence-corrected chi connectivity index (χ0v) is 11.8. The highest BCUT2D eigenvalue weighted by molar-refractivity contribution is 5.92. The third-order valence-corrected chi connectivity index (χ3v) is 3.33. The Labute approximate surface area is 122 Å². The van der Waals surface area contributed by atoms with Gasteiger partial charge in [-0.2, -0.15) is 0 Å². The second-order valence-corrected chi connectivity index (χ2v) is 4.86. The standard InChI is InChI=1S/C15H18N2O4/c1-21-13-7-5-10(6-8-14(18)19)9-12(13)17-15(20)16-11-3-2-4-11/h5-9,11H,2-4H2,1H3,(H,18,19)(H2,16,17,20)/b8-6+. The van der Waals surface area contributed by atoms with E-state index < -0.39 is 5.97 Å². The van der Waals surface area contributed by atoms with Gasteiger partial charge in [0.1, 0.15) is 5.75 Å². The number of amides is 2. The van der Waals surface area contributed by atoms with Crippen molar-refractivity contribution in [2.45, 2.75) is 25.3 Å². The fraction of sp³-hybridized carbons (Fsp3) is 0.333. The minimum atomic E-state index is -1.02. The number of carboxylic acids is 1. The molecule has 3 N–H and O–H groups in total. The molecular formula is C15H18N2O4. The van der Waals surface area contributed by atoms with Gasteiger partial charge < -0.3 is 20.5 Å². The van der Waals surface area contributed by atoms with Crippen molar-refractivity contribution >= 4 is 23.8 Å². The van der Waals surface area contributed by atoms with Gasteiger partial charge in [0.15, 0.2) is 0 Å². The Bertz CT molecular complexity index is 565. The molecule has 0 aliphatic heterocycles. The van der Waals surface area contributed by atoms with Gasteiger partial charge in [0.2, 0.25) is 0 Å². The van der Waals surface area contributed by atoms with Gasteiger partial charge in [-0.3, -0.25) is 0 Å². The second kappa shape index (κ2) is 6.78. The highest BCUT2D eigenvalue weighted by Gasteiger charge is 2.19. The first kappa shape index (κ1) is 14.9. The van der Waals surface area contributed by atoms with Gasteiger partial charge in [-0.05, 0) is 43.0 Å². The molecule has 2 amide bonds. The Morgan fingerprint density at radius 3 is 2.71 bits per heavy atom. The SMILES string of the molecule is COc1ccc(/C=C/C(=O)O)cc1NC(=O)NC1CCC1. The van der Waals surface area contributed by atoms with Crippen LogP contribution in [0.3, 0.4) is 0 Å². The first-order valence-electron chi connectivity index (χ1n) is 6.75. The third kappa shape index (κ3) is 4.24. The Hall–Kier alpha value is -2.50. The van der Waals surface area contributed by atoms with E-state index in [-0.39, 0.29) is 12.1 Å². The predicted octanol–water partition coefficient (Wildman–Crippen LogP) is 2.47. The van der Waals surface area contributed by atoms with E-state index >= 15 is 0 Å². The summed E-state index contributed by atoms with van der Waals surface area (Å²) in [5, 5.41) is 14.2. The summed E-state index contributed by atoms with van der Waals surface area (Å²) in [6.45, 7) is 0.